The summed E-state index contributed by atoms with van der Waals surface area (Å²) in [6.07, 6.45) is 2.58. The first-order valence-corrected chi connectivity index (χ1v) is 4.22. The monoisotopic (exact) mass is 172 g/mol. The second-order valence-corrected chi connectivity index (χ2v) is 4.36. The molecule has 0 aromatic rings. The Kier molecular flexibility index (Phi) is 2.10. The second-order valence-electron chi connectivity index (χ2n) is 3.92. The Morgan fingerprint density at radius 3 is 2.64 bits per heavy atom. The molecule has 11 heavy (non-hydrogen) atoms. The van der Waals surface area contributed by atoms with Crippen molar-refractivity contribution in [2.24, 2.45) is 5.41 Å². The van der Waals surface area contributed by atoms with Crippen LogP contribution >= 0.6 is 11.6 Å². The first-order chi connectivity index (χ1) is 4.93. The standard InChI is InChI=1S/C9H13ClO/c1-6-4-7(11)8(10)9(2,3)5-6/h4,8H,5H2,1-3H3. The van der Waals surface area contributed by atoms with Crippen LogP contribution in [0.5, 0.6) is 0 Å². The topological polar surface area (TPSA) is 17.1 Å². The number of ketones is 1. The number of hydrogen-bond acceptors (Lipinski definition) is 1. The number of rotatable bonds is 0. The van der Waals surface area contributed by atoms with Gasteiger partial charge in [0.05, 0.1) is 0 Å². The summed E-state index contributed by atoms with van der Waals surface area (Å²) in [5, 5.41) is -0.341. The Hall–Kier alpha value is -0.300. The van der Waals surface area contributed by atoms with Gasteiger partial charge < -0.3 is 0 Å². The van der Waals surface area contributed by atoms with E-state index in [2.05, 4.69) is 0 Å². The molecule has 0 radical (unpaired) electrons. The third-order valence-corrected chi connectivity index (χ3v) is 2.86. The fourth-order valence-corrected chi connectivity index (χ4v) is 1.70. The summed E-state index contributed by atoms with van der Waals surface area (Å²) in [7, 11) is 0. The van der Waals surface area contributed by atoms with E-state index in [4.69, 9.17) is 11.6 Å². The van der Waals surface area contributed by atoms with Gasteiger partial charge in [-0.3, -0.25) is 4.79 Å². The fraction of sp³-hybridized carbons (Fsp3) is 0.667. The van der Waals surface area contributed by atoms with Crippen LogP contribution in [-0.4, -0.2) is 11.2 Å². The molecule has 0 fully saturated rings. The summed E-state index contributed by atoms with van der Waals surface area (Å²) in [5.74, 6) is 0.0559. The largest absolute Gasteiger partial charge is 0.293 e. The van der Waals surface area contributed by atoms with Crippen molar-refractivity contribution >= 4 is 17.4 Å². The summed E-state index contributed by atoms with van der Waals surface area (Å²) < 4.78 is 0. The highest BCUT2D eigenvalue weighted by molar-refractivity contribution is 6.33. The molecule has 0 aromatic carbocycles. The number of carbonyl (C=O) groups is 1. The van der Waals surface area contributed by atoms with Crippen LogP contribution in [0, 0.1) is 5.41 Å². The van der Waals surface area contributed by atoms with Crippen molar-refractivity contribution < 1.29 is 4.79 Å². The molecular weight excluding hydrogens is 160 g/mol. The van der Waals surface area contributed by atoms with Crippen molar-refractivity contribution in [1.29, 1.82) is 0 Å². The van der Waals surface area contributed by atoms with Gasteiger partial charge in [0, 0.05) is 0 Å². The Balaban J connectivity index is 2.94. The molecule has 0 spiro atoms. The number of hydrogen-bond donors (Lipinski definition) is 0. The molecule has 1 aliphatic rings. The van der Waals surface area contributed by atoms with Gasteiger partial charge >= 0.3 is 0 Å². The zero-order valence-electron chi connectivity index (χ0n) is 7.15. The van der Waals surface area contributed by atoms with Crippen molar-refractivity contribution in [2.45, 2.75) is 32.6 Å². The van der Waals surface area contributed by atoms with Crippen molar-refractivity contribution in [3.05, 3.63) is 11.6 Å². The molecule has 0 saturated carbocycles. The molecule has 1 atom stereocenters. The van der Waals surface area contributed by atoms with E-state index in [1.165, 1.54) is 0 Å². The third-order valence-electron chi connectivity index (χ3n) is 2.06. The van der Waals surface area contributed by atoms with Crippen LogP contribution in [-0.2, 0) is 4.79 Å². The van der Waals surface area contributed by atoms with E-state index in [0.29, 0.717) is 0 Å². The lowest BCUT2D eigenvalue weighted by molar-refractivity contribution is -0.116. The van der Waals surface area contributed by atoms with Gasteiger partial charge in [-0.1, -0.05) is 19.4 Å². The predicted octanol–water partition coefficient (Wildman–Crippen LogP) is 2.54. The average Bonchev–Trinajstić information content (AvgIpc) is 1.81. The van der Waals surface area contributed by atoms with Gasteiger partial charge in [0.15, 0.2) is 5.78 Å². The lowest BCUT2D eigenvalue weighted by atomic mass is 9.77. The van der Waals surface area contributed by atoms with Crippen LogP contribution in [0.25, 0.3) is 0 Å². The predicted molar refractivity (Wildman–Crippen MR) is 46.8 cm³/mol. The second kappa shape index (κ2) is 2.63. The van der Waals surface area contributed by atoms with Gasteiger partial charge in [-0.25, -0.2) is 0 Å². The van der Waals surface area contributed by atoms with E-state index < -0.39 is 0 Å². The Labute approximate surface area is 72.4 Å². The van der Waals surface area contributed by atoms with E-state index in [1.807, 2.05) is 20.8 Å². The molecule has 0 N–H and O–H groups in total. The maximum Gasteiger partial charge on any atom is 0.173 e. The number of carbonyl (C=O) groups excluding carboxylic acids is 1. The molecule has 1 nitrogen and oxygen atoms in total. The van der Waals surface area contributed by atoms with Gasteiger partial charge in [-0.15, -0.1) is 11.6 Å². The van der Waals surface area contributed by atoms with Crippen molar-refractivity contribution in [3.8, 4) is 0 Å². The molecule has 1 rings (SSSR count). The summed E-state index contributed by atoms with van der Waals surface area (Å²) in [5.41, 5.74) is 1.06. The molecule has 0 amide bonds. The van der Waals surface area contributed by atoms with Crippen molar-refractivity contribution in [3.63, 3.8) is 0 Å². The van der Waals surface area contributed by atoms with Gasteiger partial charge in [-0.05, 0) is 24.8 Å². The minimum Gasteiger partial charge on any atom is -0.293 e. The van der Waals surface area contributed by atoms with Crippen LogP contribution < -0.4 is 0 Å². The smallest absolute Gasteiger partial charge is 0.173 e. The van der Waals surface area contributed by atoms with Crippen molar-refractivity contribution in [1.82, 2.24) is 0 Å². The highest BCUT2D eigenvalue weighted by Gasteiger charge is 2.35. The van der Waals surface area contributed by atoms with Gasteiger partial charge in [-0.2, -0.15) is 0 Å². The van der Waals surface area contributed by atoms with E-state index in [1.54, 1.807) is 6.08 Å². The molecule has 0 bridgehead atoms. The van der Waals surface area contributed by atoms with Crippen LogP contribution in [0.4, 0.5) is 0 Å². The Morgan fingerprint density at radius 1 is 1.64 bits per heavy atom. The molecule has 0 aliphatic heterocycles. The highest BCUT2D eigenvalue weighted by atomic mass is 35.5. The molecule has 1 aliphatic carbocycles. The summed E-state index contributed by atoms with van der Waals surface area (Å²) >= 11 is 5.93. The Bertz CT molecular complexity index is 216. The molecule has 0 aromatic heterocycles. The zero-order valence-corrected chi connectivity index (χ0v) is 7.90. The molecule has 0 heterocycles. The molecule has 2 heteroatoms. The lowest BCUT2D eigenvalue weighted by Crippen LogP contribution is -2.34. The highest BCUT2D eigenvalue weighted by Crippen LogP contribution is 2.36. The van der Waals surface area contributed by atoms with Gasteiger partial charge in [0.25, 0.3) is 0 Å². The van der Waals surface area contributed by atoms with Crippen LogP contribution in [0.1, 0.15) is 27.2 Å². The first kappa shape index (κ1) is 8.79. The molecule has 1 unspecified atom stereocenters. The lowest BCUT2D eigenvalue weighted by Gasteiger charge is -2.32. The number of alkyl halides is 1. The SMILES string of the molecule is CC1=CC(=O)C(Cl)C(C)(C)C1. The van der Waals surface area contributed by atoms with Gasteiger partial charge in [0.1, 0.15) is 5.38 Å². The molecule has 0 saturated heterocycles. The fourth-order valence-electron chi connectivity index (χ4n) is 1.56. The minimum absolute atomic E-state index is 0.0559. The third kappa shape index (κ3) is 1.64. The maximum absolute atomic E-state index is 11.2. The first-order valence-electron chi connectivity index (χ1n) is 3.78. The van der Waals surface area contributed by atoms with E-state index in [9.17, 15) is 4.79 Å². The summed E-state index contributed by atoms with van der Waals surface area (Å²) in [6.45, 7) is 6.03. The number of allylic oxidation sites excluding steroid dienone is 2. The van der Waals surface area contributed by atoms with Crippen molar-refractivity contribution in [2.75, 3.05) is 0 Å². The zero-order chi connectivity index (χ0) is 8.65. The van der Waals surface area contributed by atoms with Crippen LogP contribution in [0.15, 0.2) is 11.6 Å². The summed E-state index contributed by atoms with van der Waals surface area (Å²) in [6, 6.07) is 0. The number of halogens is 1. The summed E-state index contributed by atoms with van der Waals surface area (Å²) in [4.78, 5) is 11.2. The van der Waals surface area contributed by atoms with Crippen LogP contribution in [0.3, 0.4) is 0 Å². The quantitative estimate of drug-likeness (QED) is 0.514. The van der Waals surface area contributed by atoms with E-state index >= 15 is 0 Å². The maximum atomic E-state index is 11.2. The normalized spacial score (nSPS) is 30.0. The average molecular weight is 173 g/mol. The van der Waals surface area contributed by atoms with Crippen LogP contribution in [0.2, 0.25) is 0 Å². The van der Waals surface area contributed by atoms with Gasteiger partial charge in [0.2, 0.25) is 0 Å². The molecule has 62 valence electrons. The Morgan fingerprint density at radius 2 is 2.18 bits per heavy atom. The van der Waals surface area contributed by atoms with E-state index in [-0.39, 0.29) is 16.6 Å². The minimum atomic E-state index is -0.341. The molecular formula is C9H13ClO. The van der Waals surface area contributed by atoms with E-state index in [0.717, 1.165) is 12.0 Å².